The summed E-state index contributed by atoms with van der Waals surface area (Å²) in [5, 5.41) is 3.82. The quantitative estimate of drug-likeness (QED) is 0.752. The molecule has 16 heavy (non-hydrogen) atoms. The average Bonchev–Trinajstić information content (AvgIpc) is 2.60. The maximum atomic E-state index is 12.8. The van der Waals surface area contributed by atoms with Gasteiger partial charge >= 0.3 is 6.18 Å². The van der Waals surface area contributed by atoms with E-state index in [1.54, 1.807) is 13.8 Å². The number of rotatable bonds is 1. The van der Waals surface area contributed by atoms with Crippen LogP contribution >= 0.6 is 0 Å². The van der Waals surface area contributed by atoms with E-state index in [0.717, 1.165) is 6.07 Å². The molecule has 2 rings (SSSR count). The van der Waals surface area contributed by atoms with Crippen LogP contribution in [0, 0.1) is 0 Å². The Morgan fingerprint density at radius 1 is 1.31 bits per heavy atom. The molecule has 0 unspecified atom stereocenters. The van der Waals surface area contributed by atoms with E-state index in [-0.39, 0.29) is 17.1 Å². The van der Waals surface area contributed by atoms with Crippen LogP contribution in [0.1, 0.15) is 30.9 Å². The molecule has 0 saturated heterocycles. The molecular formula is C10H10F3N3. The van der Waals surface area contributed by atoms with Crippen LogP contribution in [0.15, 0.2) is 18.6 Å². The second-order valence-electron chi connectivity index (χ2n) is 3.86. The van der Waals surface area contributed by atoms with E-state index in [9.17, 15) is 13.2 Å². The van der Waals surface area contributed by atoms with Gasteiger partial charge in [0, 0.05) is 6.20 Å². The third-order valence-electron chi connectivity index (χ3n) is 2.37. The zero-order valence-electron chi connectivity index (χ0n) is 8.78. The van der Waals surface area contributed by atoms with Gasteiger partial charge in [0.2, 0.25) is 0 Å². The van der Waals surface area contributed by atoms with Crippen LogP contribution in [0.4, 0.5) is 13.2 Å². The van der Waals surface area contributed by atoms with E-state index >= 15 is 0 Å². The topological polar surface area (TPSA) is 30.2 Å². The Morgan fingerprint density at radius 3 is 2.56 bits per heavy atom. The van der Waals surface area contributed by atoms with Crippen molar-refractivity contribution in [2.45, 2.75) is 25.9 Å². The Labute approximate surface area is 89.9 Å². The molecule has 0 spiro atoms. The van der Waals surface area contributed by atoms with Crippen molar-refractivity contribution in [1.29, 1.82) is 0 Å². The lowest BCUT2D eigenvalue weighted by Crippen LogP contribution is -2.11. The molecule has 0 saturated carbocycles. The zero-order chi connectivity index (χ0) is 11.9. The van der Waals surface area contributed by atoms with E-state index in [0.29, 0.717) is 0 Å². The Hall–Kier alpha value is -1.59. The zero-order valence-corrected chi connectivity index (χ0v) is 8.78. The molecular weight excluding hydrogens is 219 g/mol. The molecule has 0 atom stereocenters. The van der Waals surface area contributed by atoms with Crippen LogP contribution in [0.3, 0.4) is 0 Å². The number of nitrogens with zero attached hydrogens (tertiary/aromatic N) is 3. The first-order valence-corrected chi connectivity index (χ1v) is 4.80. The fraction of sp³-hybridized carbons (Fsp3) is 0.400. The molecule has 86 valence electrons. The molecule has 0 aromatic carbocycles. The Bertz CT molecular complexity index is 513. The number of hydrogen-bond donors (Lipinski definition) is 0. The number of aromatic nitrogens is 3. The van der Waals surface area contributed by atoms with E-state index in [4.69, 9.17) is 0 Å². The van der Waals surface area contributed by atoms with Crippen molar-refractivity contribution in [3.8, 4) is 0 Å². The highest BCUT2D eigenvalue weighted by Crippen LogP contribution is 2.35. The van der Waals surface area contributed by atoms with Crippen molar-refractivity contribution in [2.24, 2.45) is 0 Å². The van der Waals surface area contributed by atoms with Crippen LogP contribution in [0.25, 0.3) is 5.65 Å². The second-order valence-corrected chi connectivity index (χ2v) is 3.86. The van der Waals surface area contributed by atoms with E-state index in [2.05, 4.69) is 10.1 Å². The molecule has 0 aliphatic rings. The van der Waals surface area contributed by atoms with E-state index in [1.807, 2.05) is 0 Å². The third-order valence-corrected chi connectivity index (χ3v) is 2.37. The number of pyridine rings is 1. The van der Waals surface area contributed by atoms with Crippen molar-refractivity contribution in [3.05, 3.63) is 29.7 Å². The van der Waals surface area contributed by atoms with Gasteiger partial charge in [0.25, 0.3) is 0 Å². The summed E-state index contributed by atoms with van der Waals surface area (Å²) in [6.45, 7) is 3.43. The number of halogens is 3. The monoisotopic (exact) mass is 229 g/mol. The summed E-state index contributed by atoms with van der Waals surface area (Å²) in [4.78, 5) is 3.75. The lowest BCUT2D eigenvalue weighted by Gasteiger charge is -2.15. The van der Waals surface area contributed by atoms with Crippen molar-refractivity contribution < 1.29 is 13.2 Å². The van der Waals surface area contributed by atoms with Crippen molar-refractivity contribution >= 4 is 5.65 Å². The largest absolute Gasteiger partial charge is 0.416 e. The summed E-state index contributed by atoms with van der Waals surface area (Å²) in [5.41, 5.74) is -0.203. The van der Waals surface area contributed by atoms with Gasteiger partial charge < -0.3 is 0 Å². The highest BCUT2D eigenvalue weighted by molar-refractivity contribution is 5.45. The van der Waals surface area contributed by atoms with Crippen molar-refractivity contribution in [2.75, 3.05) is 0 Å². The molecule has 2 aromatic heterocycles. The van der Waals surface area contributed by atoms with Gasteiger partial charge in [0.15, 0.2) is 5.65 Å². The van der Waals surface area contributed by atoms with Gasteiger partial charge in [-0.3, -0.25) is 0 Å². The SMILES string of the molecule is CC(C)c1cn2ncnc2cc1C(F)(F)F. The fourth-order valence-corrected chi connectivity index (χ4v) is 1.58. The van der Waals surface area contributed by atoms with Crippen LogP contribution in [-0.2, 0) is 6.18 Å². The predicted molar refractivity (Wildman–Crippen MR) is 52.1 cm³/mol. The lowest BCUT2D eigenvalue weighted by molar-refractivity contribution is -0.138. The van der Waals surface area contributed by atoms with Gasteiger partial charge in [-0.2, -0.15) is 18.3 Å². The molecule has 3 nitrogen and oxygen atoms in total. The normalized spacial score (nSPS) is 12.6. The molecule has 0 radical (unpaired) electrons. The highest BCUT2D eigenvalue weighted by Gasteiger charge is 2.34. The summed E-state index contributed by atoms with van der Waals surface area (Å²) in [5.74, 6) is -0.217. The molecule has 2 heterocycles. The fourth-order valence-electron chi connectivity index (χ4n) is 1.58. The Balaban J connectivity index is 2.72. The van der Waals surface area contributed by atoms with Gasteiger partial charge in [-0.25, -0.2) is 9.50 Å². The molecule has 0 aliphatic heterocycles. The molecule has 0 aliphatic carbocycles. The van der Waals surface area contributed by atoms with Crippen molar-refractivity contribution in [3.63, 3.8) is 0 Å². The first-order valence-electron chi connectivity index (χ1n) is 4.80. The molecule has 0 amide bonds. The maximum absolute atomic E-state index is 12.8. The van der Waals surface area contributed by atoms with E-state index < -0.39 is 11.7 Å². The molecule has 6 heteroatoms. The average molecular weight is 229 g/mol. The van der Waals surface area contributed by atoms with Crippen LogP contribution in [0.5, 0.6) is 0 Å². The van der Waals surface area contributed by atoms with Gasteiger partial charge in [0.05, 0.1) is 5.56 Å². The Kier molecular flexibility index (Phi) is 2.36. The first kappa shape index (κ1) is 10.9. The summed E-state index contributed by atoms with van der Waals surface area (Å²) in [6.07, 6.45) is -1.73. The summed E-state index contributed by atoms with van der Waals surface area (Å²) in [7, 11) is 0. The minimum absolute atomic E-state index is 0.205. The van der Waals surface area contributed by atoms with Crippen LogP contribution in [0.2, 0.25) is 0 Å². The smallest absolute Gasteiger partial charge is 0.221 e. The standard InChI is InChI=1S/C10H10F3N3/c1-6(2)7-4-16-9(14-5-15-16)3-8(7)10(11,12)13/h3-6H,1-2H3. The van der Waals surface area contributed by atoms with Crippen LogP contribution < -0.4 is 0 Å². The minimum atomic E-state index is -4.35. The highest BCUT2D eigenvalue weighted by atomic mass is 19.4. The first-order chi connectivity index (χ1) is 7.39. The molecule has 0 fully saturated rings. The number of hydrogen-bond acceptors (Lipinski definition) is 2. The van der Waals surface area contributed by atoms with Crippen molar-refractivity contribution in [1.82, 2.24) is 14.6 Å². The molecule has 0 bridgehead atoms. The molecule has 2 aromatic rings. The van der Waals surface area contributed by atoms with Crippen LogP contribution in [-0.4, -0.2) is 14.6 Å². The summed E-state index contributed by atoms with van der Waals surface area (Å²) < 4.78 is 39.7. The molecule has 0 N–H and O–H groups in total. The van der Waals surface area contributed by atoms with Gasteiger partial charge in [-0.15, -0.1) is 0 Å². The number of alkyl halides is 3. The predicted octanol–water partition coefficient (Wildman–Crippen LogP) is 2.87. The van der Waals surface area contributed by atoms with Gasteiger partial charge in [-0.05, 0) is 17.5 Å². The lowest BCUT2D eigenvalue weighted by atomic mass is 9.99. The number of fused-ring (bicyclic) bond motifs is 1. The second kappa shape index (κ2) is 3.47. The Morgan fingerprint density at radius 2 is 2.00 bits per heavy atom. The van der Waals surface area contributed by atoms with Gasteiger partial charge in [0.1, 0.15) is 6.33 Å². The summed E-state index contributed by atoms with van der Waals surface area (Å²) in [6, 6.07) is 1.03. The summed E-state index contributed by atoms with van der Waals surface area (Å²) >= 11 is 0. The van der Waals surface area contributed by atoms with Gasteiger partial charge in [-0.1, -0.05) is 13.8 Å². The third kappa shape index (κ3) is 1.75. The maximum Gasteiger partial charge on any atom is 0.416 e. The van der Waals surface area contributed by atoms with E-state index in [1.165, 1.54) is 17.0 Å². The minimum Gasteiger partial charge on any atom is -0.221 e.